The van der Waals surface area contributed by atoms with Gasteiger partial charge in [-0.25, -0.2) is 0 Å². The fraction of sp³-hybridized carbons (Fsp3) is 0.143. The lowest BCUT2D eigenvalue weighted by Crippen LogP contribution is -1.98. The summed E-state index contributed by atoms with van der Waals surface area (Å²) in [6.07, 6.45) is 1.80. The molecule has 0 saturated heterocycles. The van der Waals surface area contributed by atoms with Crippen LogP contribution < -0.4 is 0 Å². The van der Waals surface area contributed by atoms with Gasteiger partial charge in [-0.1, -0.05) is 47.8 Å². The van der Waals surface area contributed by atoms with Gasteiger partial charge in [0.2, 0.25) is 0 Å². The van der Waals surface area contributed by atoms with Crippen molar-refractivity contribution in [1.82, 2.24) is 0 Å². The molecular weight excluding hydrogens is 807 g/mol. The third-order valence-corrected chi connectivity index (χ3v) is 11.2. The third kappa shape index (κ3) is 4.51. The minimum atomic E-state index is 0.893. The molecule has 0 bridgehead atoms. The zero-order valence-electron chi connectivity index (χ0n) is 10.6. The van der Waals surface area contributed by atoms with E-state index in [0.29, 0.717) is 0 Å². The highest BCUT2D eigenvalue weighted by Gasteiger charge is 2.18. The summed E-state index contributed by atoms with van der Waals surface area (Å²) in [5.41, 5.74) is 2.46. The maximum absolute atomic E-state index is 3.68. The van der Waals surface area contributed by atoms with Crippen molar-refractivity contribution in [3.8, 4) is 0 Å². The third-order valence-electron chi connectivity index (χ3n) is 3.03. The van der Waals surface area contributed by atoms with Gasteiger partial charge in [-0.15, -0.1) is 0 Å². The first-order chi connectivity index (χ1) is 10.2. The SMILES string of the molecule is Brc1cc(Br)c(CCc2c(Br)c(Br)c(Br)c(Br)c2Br)c(Br)c1. The van der Waals surface area contributed by atoms with Gasteiger partial charge in [-0.05, 0) is 116 Å². The van der Waals surface area contributed by atoms with Gasteiger partial charge in [0, 0.05) is 35.8 Å². The summed E-state index contributed by atoms with van der Waals surface area (Å²) in [7, 11) is 0. The topological polar surface area (TPSA) is 0 Å². The second-order valence-electron chi connectivity index (χ2n) is 4.40. The van der Waals surface area contributed by atoms with E-state index in [2.05, 4.69) is 140 Å². The van der Waals surface area contributed by atoms with Crippen LogP contribution in [0.15, 0.2) is 47.9 Å². The number of halogens is 8. The molecule has 0 amide bonds. The van der Waals surface area contributed by atoms with Crippen molar-refractivity contribution in [3.63, 3.8) is 0 Å². The van der Waals surface area contributed by atoms with Crippen LogP contribution in [-0.2, 0) is 12.8 Å². The van der Waals surface area contributed by atoms with E-state index in [1.54, 1.807) is 0 Å². The van der Waals surface area contributed by atoms with Gasteiger partial charge in [-0.3, -0.25) is 0 Å². The van der Waals surface area contributed by atoms with E-state index in [1.165, 1.54) is 11.1 Å². The van der Waals surface area contributed by atoms with Gasteiger partial charge in [0.15, 0.2) is 0 Å². The first kappa shape index (κ1) is 20.6. The molecule has 0 atom stereocenters. The zero-order chi connectivity index (χ0) is 16.6. The predicted molar refractivity (Wildman–Crippen MR) is 122 cm³/mol. The molecule has 118 valence electrons. The van der Waals surface area contributed by atoms with E-state index < -0.39 is 0 Å². The van der Waals surface area contributed by atoms with Crippen LogP contribution in [0.25, 0.3) is 0 Å². The Bertz CT molecular complexity index is 686. The van der Waals surface area contributed by atoms with Crippen molar-refractivity contribution in [2.24, 2.45) is 0 Å². The molecule has 0 aliphatic heterocycles. The van der Waals surface area contributed by atoms with E-state index in [0.717, 1.165) is 48.6 Å². The highest BCUT2D eigenvalue weighted by Crippen LogP contribution is 2.45. The van der Waals surface area contributed by atoms with Crippen LogP contribution in [0.2, 0.25) is 0 Å². The maximum Gasteiger partial charge on any atom is 0.0482 e. The lowest BCUT2D eigenvalue weighted by molar-refractivity contribution is 0.933. The van der Waals surface area contributed by atoms with Gasteiger partial charge in [0.25, 0.3) is 0 Å². The Labute approximate surface area is 196 Å². The van der Waals surface area contributed by atoms with Crippen molar-refractivity contribution in [2.75, 3.05) is 0 Å². The molecule has 2 rings (SSSR count). The Hall–Kier alpha value is 2.28. The van der Waals surface area contributed by atoms with Crippen LogP contribution >= 0.6 is 127 Å². The summed E-state index contributed by atoms with van der Waals surface area (Å²) >= 11 is 28.9. The molecule has 0 aromatic heterocycles. The van der Waals surface area contributed by atoms with E-state index in [9.17, 15) is 0 Å². The van der Waals surface area contributed by atoms with E-state index in [1.807, 2.05) is 0 Å². The standard InChI is InChI=1S/C14H6Br8/c15-5-3-8(16)6(9(17)4-5)1-2-7-10(18)12(20)14(22)13(21)11(7)19/h3-4H,1-2H2. The smallest absolute Gasteiger partial charge is 0.0482 e. The summed E-state index contributed by atoms with van der Waals surface area (Å²) in [4.78, 5) is 0. The van der Waals surface area contributed by atoms with Crippen LogP contribution in [0.5, 0.6) is 0 Å². The first-order valence-corrected chi connectivity index (χ1v) is 12.2. The molecule has 2 aromatic rings. The number of hydrogen-bond acceptors (Lipinski definition) is 0. The quantitative estimate of drug-likeness (QED) is 0.214. The minimum absolute atomic E-state index is 0.893. The molecule has 0 spiro atoms. The van der Waals surface area contributed by atoms with Crippen LogP contribution in [0.1, 0.15) is 11.1 Å². The molecule has 0 nitrogen and oxygen atoms in total. The van der Waals surface area contributed by atoms with Crippen LogP contribution in [0.4, 0.5) is 0 Å². The van der Waals surface area contributed by atoms with Crippen LogP contribution in [0.3, 0.4) is 0 Å². The van der Waals surface area contributed by atoms with E-state index >= 15 is 0 Å². The average Bonchev–Trinajstić information content (AvgIpc) is 2.45. The number of hydrogen-bond donors (Lipinski definition) is 0. The normalized spacial score (nSPS) is 11.1. The van der Waals surface area contributed by atoms with Crippen molar-refractivity contribution in [3.05, 3.63) is 59.0 Å². The van der Waals surface area contributed by atoms with Crippen molar-refractivity contribution >= 4 is 127 Å². The summed E-state index contributed by atoms with van der Waals surface area (Å²) in [6.45, 7) is 0. The Morgan fingerprint density at radius 3 is 1.32 bits per heavy atom. The monoisotopic (exact) mass is 805 g/mol. The molecule has 22 heavy (non-hydrogen) atoms. The Balaban J connectivity index is 2.38. The highest BCUT2D eigenvalue weighted by molar-refractivity contribution is 9.16. The Kier molecular flexibility index (Phi) is 8.22. The molecule has 0 heterocycles. The van der Waals surface area contributed by atoms with Gasteiger partial charge in [0.05, 0.1) is 0 Å². The average molecular weight is 813 g/mol. The minimum Gasteiger partial charge on any atom is -0.0508 e. The largest absolute Gasteiger partial charge is 0.0508 e. The molecule has 0 unspecified atom stereocenters. The summed E-state index contributed by atoms with van der Waals surface area (Å²) < 4.78 is 8.34. The highest BCUT2D eigenvalue weighted by atomic mass is 79.9. The fourth-order valence-corrected chi connectivity index (χ4v) is 8.11. The molecule has 0 saturated carbocycles. The predicted octanol–water partition coefficient (Wildman–Crippen LogP) is 9.57. The van der Waals surface area contributed by atoms with Gasteiger partial charge in [0.1, 0.15) is 0 Å². The van der Waals surface area contributed by atoms with E-state index in [-0.39, 0.29) is 0 Å². The molecule has 2 aromatic carbocycles. The number of rotatable bonds is 3. The van der Waals surface area contributed by atoms with E-state index in [4.69, 9.17) is 0 Å². The van der Waals surface area contributed by atoms with Crippen molar-refractivity contribution in [1.29, 1.82) is 0 Å². The van der Waals surface area contributed by atoms with Crippen molar-refractivity contribution in [2.45, 2.75) is 12.8 Å². The molecular formula is C14H6Br8. The Morgan fingerprint density at radius 1 is 0.500 bits per heavy atom. The van der Waals surface area contributed by atoms with Crippen LogP contribution in [-0.4, -0.2) is 0 Å². The summed E-state index contributed by atoms with van der Waals surface area (Å²) in [5.74, 6) is 0. The number of benzene rings is 2. The van der Waals surface area contributed by atoms with Gasteiger partial charge >= 0.3 is 0 Å². The van der Waals surface area contributed by atoms with Gasteiger partial charge in [-0.2, -0.15) is 0 Å². The van der Waals surface area contributed by atoms with Crippen LogP contribution in [0, 0.1) is 0 Å². The zero-order valence-corrected chi connectivity index (χ0v) is 23.3. The first-order valence-electron chi connectivity index (χ1n) is 5.87. The molecule has 0 N–H and O–H groups in total. The molecule has 0 aliphatic carbocycles. The fourth-order valence-electron chi connectivity index (χ4n) is 1.93. The Morgan fingerprint density at radius 2 is 0.864 bits per heavy atom. The lowest BCUT2D eigenvalue weighted by Gasteiger charge is -2.15. The summed E-state index contributed by atoms with van der Waals surface area (Å²) in [5, 5.41) is 0. The lowest BCUT2D eigenvalue weighted by atomic mass is 10.0. The second-order valence-corrected chi connectivity index (χ2v) is 11.0. The van der Waals surface area contributed by atoms with Gasteiger partial charge < -0.3 is 0 Å². The molecule has 0 radical (unpaired) electrons. The molecule has 8 heteroatoms. The summed E-state index contributed by atoms with van der Waals surface area (Å²) in [6, 6.07) is 4.13. The van der Waals surface area contributed by atoms with Crippen molar-refractivity contribution < 1.29 is 0 Å². The second kappa shape index (κ2) is 8.78. The molecule has 0 aliphatic rings. The maximum atomic E-state index is 3.68. The molecule has 0 fully saturated rings.